The van der Waals surface area contributed by atoms with E-state index in [4.69, 9.17) is 4.74 Å². The van der Waals surface area contributed by atoms with Gasteiger partial charge in [-0.3, -0.25) is 0 Å². The molecule has 0 aliphatic rings. The molecule has 5 nitrogen and oxygen atoms in total. The molecule has 2 aromatic carbocycles. The van der Waals surface area contributed by atoms with Gasteiger partial charge in [0.25, 0.3) is 0 Å². The van der Waals surface area contributed by atoms with Crippen molar-refractivity contribution in [1.82, 2.24) is 10.6 Å². The van der Waals surface area contributed by atoms with E-state index in [9.17, 15) is 5.11 Å². The number of nitrogens with zero attached hydrogens (tertiary/aromatic N) is 1. The first-order chi connectivity index (χ1) is 12.6. The molecule has 2 aromatic rings. The highest BCUT2D eigenvalue weighted by Crippen LogP contribution is 2.26. The summed E-state index contributed by atoms with van der Waals surface area (Å²) < 4.78 is 5.07. The standard InChI is InChI=1S/C21H29N3O2.HI/c1-5-16-7-10-18(11-8-16)15(3)24-21(22-6-2)23-14-17-9-12-20(26-4)19(25)13-17;/h7-13,15,25H,5-6,14H2,1-4H3,(H2,22,23,24);1H. The van der Waals surface area contributed by atoms with Gasteiger partial charge in [-0.15, -0.1) is 24.0 Å². The second-order valence-electron chi connectivity index (χ2n) is 6.16. The van der Waals surface area contributed by atoms with Crippen LogP contribution in [0.15, 0.2) is 47.5 Å². The molecule has 148 valence electrons. The zero-order valence-corrected chi connectivity index (χ0v) is 18.8. The summed E-state index contributed by atoms with van der Waals surface area (Å²) in [5.41, 5.74) is 3.47. The molecule has 0 aliphatic heterocycles. The lowest BCUT2D eigenvalue weighted by atomic mass is 10.1. The number of aromatic hydroxyl groups is 1. The highest BCUT2D eigenvalue weighted by atomic mass is 127. The number of guanidine groups is 1. The van der Waals surface area contributed by atoms with Gasteiger partial charge in [-0.25, -0.2) is 4.99 Å². The predicted molar refractivity (Wildman–Crippen MR) is 122 cm³/mol. The molecule has 1 unspecified atom stereocenters. The minimum atomic E-state index is 0. The van der Waals surface area contributed by atoms with E-state index in [1.807, 2.05) is 13.0 Å². The van der Waals surface area contributed by atoms with E-state index in [-0.39, 0.29) is 35.8 Å². The number of aliphatic imine (C=N–C) groups is 1. The lowest BCUT2D eigenvalue weighted by molar-refractivity contribution is 0.373. The molecule has 0 fully saturated rings. The number of aryl methyl sites for hydroxylation is 1. The number of phenolic OH excluding ortho intramolecular Hbond substituents is 1. The van der Waals surface area contributed by atoms with Gasteiger partial charge in [-0.05, 0) is 49.1 Å². The monoisotopic (exact) mass is 483 g/mol. The molecule has 3 N–H and O–H groups in total. The second-order valence-corrected chi connectivity index (χ2v) is 6.16. The number of halogens is 1. The average Bonchev–Trinajstić information content (AvgIpc) is 2.66. The molecule has 6 heteroatoms. The van der Waals surface area contributed by atoms with Crippen LogP contribution in [0.3, 0.4) is 0 Å². The van der Waals surface area contributed by atoms with E-state index >= 15 is 0 Å². The third kappa shape index (κ3) is 6.93. The molecular weight excluding hydrogens is 453 g/mol. The van der Waals surface area contributed by atoms with Gasteiger partial charge >= 0.3 is 0 Å². The Morgan fingerprint density at radius 2 is 1.78 bits per heavy atom. The van der Waals surface area contributed by atoms with Crippen LogP contribution in [0.4, 0.5) is 0 Å². The summed E-state index contributed by atoms with van der Waals surface area (Å²) >= 11 is 0. The van der Waals surface area contributed by atoms with E-state index in [1.54, 1.807) is 12.1 Å². The number of benzene rings is 2. The quantitative estimate of drug-likeness (QED) is 0.311. The number of phenols is 1. The zero-order chi connectivity index (χ0) is 18.9. The van der Waals surface area contributed by atoms with Crippen molar-refractivity contribution in [3.8, 4) is 11.5 Å². The molecule has 0 spiro atoms. The first-order valence-corrected chi connectivity index (χ1v) is 9.06. The third-order valence-electron chi connectivity index (χ3n) is 4.25. The fourth-order valence-corrected chi connectivity index (χ4v) is 2.65. The van der Waals surface area contributed by atoms with Crippen molar-refractivity contribution in [2.45, 2.75) is 39.8 Å². The van der Waals surface area contributed by atoms with Gasteiger partial charge in [0, 0.05) is 6.54 Å². The van der Waals surface area contributed by atoms with Crippen LogP contribution < -0.4 is 15.4 Å². The van der Waals surface area contributed by atoms with Crippen LogP contribution in [0.5, 0.6) is 11.5 Å². The smallest absolute Gasteiger partial charge is 0.192 e. The molecule has 0 radical (unpaired) electrons. The Morgan fingerprint density at radius 3 is 2.33 bits per heavy atom. The molecule has 27 heavy (non-hydrogen) atoms. The van der Waals surface area contributed by atoms with E-state index in [0.29, 0.717) is 12.3 Å². The first kappa shape index (κ1) is 23.1. The summed E-state index contributed by atoms with van der Waals surface area (Å²) in [4.78, 5) is 4.62. The molecule has 0 aromatic heterocycles. The Balaban J connectivity index is 0.00000364. The van der Waals surface area contributed by atoms with Crippen molar-refractivity contribution in [1.29, 1.82) is 0 Å². The maximum atomic E-state index is 9.89. The van der Waals surface area contributed by atoms with Gasteiger partial charge < -0.3 is 20.5 Å². The van der Waals surface area contributed by atoms with Gasteiger partial charge in [0.15, 0.2) is 17.5 Å². The summed E-state index contributed by atoms with van der Waals surface area (Å²) in [6, 6.07) is 14.1. The van der Waals surface area contributed by atoms with Gasteiger partial charge in [0.1, 0.15) is 0 Å². The first-order valence-electron chi connectivity index (χ1n) is 9.06. The fraction of sp³-hybridized carbons (Fsp3) is 0.381. The van der Waals surface area contributed by atoms with Crippen molar-refractivity contribution in [2.75, 3.05) is 13.7 Å². The zero-order valence-electron chi connectivity index (χ0n) is 16.5. The summed E-state index contributed by atoms with van der Waals surface area (Å²) in [6.45, 7) is 7.56. The van der Waals surface area contributed by atoms with Crippen LogP contribution in [0, 0.1) is 0 Å². The van der Waals surface area contributed by atoms with Crippen LogP contribution in [0.2, 0.25) is 0 Å². The van der Waals surface area contributed by atoms with Crippen LogP contribution in [0.25, 0.3) is 0 Å². The molecule has 0 heterocycles. The molecule has 2 rings (SSSR count). The summed E-state index contributed by atoms with van der Waals surface area (Å²) in [6.07, 6.45) is 1.04. The van der Waals surface area contributed by atoms with Crippen molar-refractivity contribution < 1.29 is 9.84 Å². The molecule has 0 saturated carbocycles. The number of rotatable bonds is 7. The molecule has 0 amide bonds. The van der Waals surface area contributed by atoms with Crippen molar-refractivity contribution >= 4 is 29.9 Å². The summed E-state index contributed by atoms with van der Waals surface area (Å²) in [7, 11) is 1.54. The van der Waals surface area contributed by atoms with Crippen molar-refractivity contribution in [3.05, 3.63) is 59.2 Å². The molecule has 0 bridgehead atoms. The SMILES string of the molecule is CCNC(=NCc1ccc(OC)c(O)c1)NC(C)c1ccc(CC)cc1.I. The van der Waals surface area contributed by atoms with Crippen molar-refractivity contribution in [3.63, 3.8) is 0 Å². The molecule has 0 saturated heterocycles. The Kier molecular flexibility index (Phi) is 9.99. The number of hydrogen-bond acceptors (Lipinski definition) is 3. The van der Waals surface area contributed by atoms with E-state index in [1.165, 1.54) is 18.2 Å². The highest BCUT2D eigenvalue weighted by molar-refractivity contribution is 14.0. The number of hydrogen-bond donors (Lipinski definition) is 3. The maximum absolute atomic E-state index is 9.89. The fourth-order valence-electron chi connectivity index (χ4n) is 2.65. The van der Waals surface area contributed by atoms with Gasteiger partial charge in [0.2, 0.25) is 0 Å². The minimum absolute atomic E-state index is 0. The maximum Gasteiger partial charge on any atom is 0.192 e. The van der Waals surface area contributed by atoms with Crippen LogP contribution in [-0.2, 0) is 13.0 Å². The molecule has 1 atom stereocenters. The van der Waals surface area contributed by atoms with Gasteiger partial charge in [-0.2, -0.15) is 0 Å². The molecule has 0 aliphatic carbocycles. The Labute approximate surface area is 179 Å². The average molecular weight is 483 g/mol. The predicted octanol–water partition coefficient (Wildman–Crippen LogP) is 4.40. The second kappa shape index (κ2) is 11.7. The summed E-state index contributed by atoms with van der Waals surface area (Å²) in [5, 5.41) is 16.6. The highest BCUT2D eigenvalue weighted by Gasteiger charge is 2.08. The van der Waals surface area contributed by atoms with E-state index in [0.717, 1.165) is 24.5 Å². The van der Waals surface area contributed by atoms with Crippen molar-refractivity contribution in [2.24, 2.45) is 4.99 Å². The van der Waals surface area contributed by atoms with Gasteiger partial charge in [0.05, 0.1) is 19.7 Å². The van der Waals surface area contributed by atoms with Gasteiger partial charge in [-0.1, -0.05) is 37.3 Å². The Morgan fingerprint density at radius 1 is 1.11 bits per heavy atom. The Bertz CT molecular complexity index is 733. The lowest BCUT2D eigenvalue weighted by Crippen LogP contribution is -2.38. The van der Waals surface area contributed by atoms with Crippen LogP contribution in [-0.4, -0.2) is 24.7 Å². The molecular formula is C21H30IN3O2. The lowest BCUT2D eigenvalue weighted by Gasteiger charge is -2.18. The largest absolute Gasteiger partial charge is 0.504 e. The number of nitrogens with one attached hydrogen (secondary N) is 2. The third-order valence-corrected chi connectivity index (χ3v) is 4.25. The topological polar surface area (TPSA) is 65.9 Å². The van der Waals surface area contributed by atoms with Crippen LogP contribution >= 0.6 is 24.0 Å². The van der Waals surface area contributed by atoms with E-state index < -0.39 is 0 Å². The normalized spacial score (nSPS) is 12.1. The minimum Gasteiger partial charge on any atom is -0.504 e. The van der Waals surface area contributed by atoms with E-state index in [2.05, 4.69) is 53.7 Å². The van der Waals surface area contributed by atoms with Crippen LogP contribution in [0.1, 0.15) is 43.5 Å². The number of methoxy groups -OCH3 is 1. The number of ether oxygens (including phenoxy) is 1. The summed E-state index contributed by atoms with van der Waals surface area (Å²) in [5.74, 6) is 1.34. The Hall–Kier alpha value is -1.96.